The molecule has 2 aromatic rings. The molecule has 2 heterocycles. The zero-order chi connectivity index (χ0) is 15.0. The summed E-state index contributed by atoms with van der Waals surface area (Å²) in [5.74, 6) is -0.116. The topological polar surface area (TPSA) is 72.7 Å². The standard InChI is InChI=1S/C14H20N4O2/c1-13(2,11(19)17-7-5-15-10-17)9-14(3,4)12(20)18-8-6-16-18/h5-8,10,16H,9H2,1-4H3. The molecular formula is C14H20N4O2. The Balaban J connectivity index is 2.16. The molecule has 1 N–H and O–H groups in total. The maximum atomic E-state index is 12.4. The number of nitrogens with zero attached hydrogens (tertiary/aromatic N) is 3. The summed E-state index contributed by atoms with van der Waals surface area (Å²) < 4.78 is 2.90. The summed E-state index contributed by atoms with van der Waals surface area (Å²) in [6.45, 7) is 7.41. The van der Waals surface area contributed by atoms with Crippen molar-refractivity contribution in [1.82, 2.24) is 19.3 Å². The third-order valence-corrected chi connectivity index (χ3v) is 3.44. The summed E-state index contributed by atoms with van der Waals surface area (Å²) in [6.07, 6.45) is 8.49. The van der Waals surface area contributed by atoms with E-state index in [1.54, 1.807) is 24.8 Å². The van der Waals surface area contributed by atoms with Crippen molar-refractivity contribution in [2.75, 3.05) is 0 Å². The van der Waals surface area contributed by atoms with Gasteiger partial charge in [0.2, 0.25) is 5.91 Å². The summed E-state index contributed by atoms with van der Waals surface area (Å²) in [7, 11) is 0. The predicted octanol–water partition coefficient (Wildman–Crippen LogP) is 2.44. The van der Waals surface area contributed by atoms with Crippen molar-refractivity contribution in [2.45, 2.75) is 34.1 Å². The second-order valence-corrected chi connectivity index (χ2v) is 6.34. The van der Waals surface area contributed by atoms with Crippen LogP contribution in [0, 0.1) is 10.8 Å². The fourth-order valence-corrected chi connectivity index (χ4v) is 2.59. The van der Waals surface area contributed by atoms with Gasteiger partial charge >= 0.3 is 0 Å². The second kappa shape index (κ2) is 4.77. The zero-order valence-electron chi connectivity index (χ0n) is 12.3. The van der Waals surface area contributed by atoms with Gasteiger partial charge in [0.05, 0.1) is 0 Å². The number of imidazole rings is 1. The van der Waals surface area contributed by atoms with Crippen molar-refractivity contribution in [3.63, 3.8) is 0 Å². The number of aromatic amines is 1. The fraction of sp³-hybridized carbons (Fsp3) is 0.500. The van der Waals surface area contributed by atoms with Crippen molar-refractivity contribution in [2.24, 2.45) is 10.8 Å². The molecule has 0 fully saturated rings. The van der Waals surface area contributed by atoms with E-state index in [4.69, 9.17) is 0 Å². The molecule has 0 spiro atoms. The minimum Gasteiger partial charge on any atom is -0.298 e. The highest BCUT2D eigenvalue weighted by molar-refractivity contribution is 5.87. The van der Waals surface area contributed by atoms with Gasteiger partial charge in [-0.05, 0) is 6.42 Å². The Morgan fingerprint density at radius 1 is 1.10 bits per heavy atom. The largest absolute Gasteiger partial charge is 0.298 e. The molecule has 108 valence electrons. The van der Waals surface area contributed by atoms with Crippen LogP contribution in [0.15, 0.2) is 31.1 Å². The lowest BCUT2D eigenvalue weighted by Gasteiger charge is -2.33. The lowest BCUT2D eigenvalue weighted by Crippen LogP contribution is -2.40. The first-order valence-corrected chi connectivity index (χ1v) is 6.53. The van der Waals surface area contributed by atoms with Crippen LogP contribution >= 0.6 is 0 Å². The molecule has 0 aliphatic rings. The summed E-state index contributed by atoms with van der Waals surface area (Å²) in [5, 5.41) is 2.80. The number of rotatable bonds is 4. The Hall–Kier alpha value is -2.11. The SMILES string of the molecule is CC(C)(CC(C)(C)C(=O)n1cc[nH]1)C(=O)n1ccnc1. The monoisotopic (exact) mass is 276 g/mol. The van der Waals surface area contributed by atoms with Crippen LogP contribution in [0.5, 0.6) is 0 Å². The van der Waals surface area contributed by atoms with Gasteiger partial charge in [0.15, 0.2) is 0 Å². The molecule has 0 aromatic carbocycles. The Kier molecular flexibility index (Phi) is 3.41. The molecule has 2 aromatic heterocycles. The average molecular weight is 276 g/mol. The lowest BCUT2D eigenvalue weighted by molar-refractivity contribution is 0.0552. The Bertz CT molecular complexity index is 593. The molecular weight excluding hydrogens is 256 g/mol. The molecule has 20 heavy (non-hydrogen) atoms. The molecule has 0 aliphatic heterocycles. The first-order valence-electron chi connectivity index (χ1n) is 6.53. The lowest BCUT2D eigenvalue weighted by atomic mass is 9.74. The van der Waals surface area contributed by atoms with E-state index in [1.165, 1.54) is 15.6 Å². The molecule has 0 saturated heterocycles. The highest BCUT2D eigenvalue weighted by atomic mass is 16.2. The van der Waals surface area contributed by atoms with E-state index in [9.17, 15) is 9.59 Å². The van der Waals surface area contributed by atoms with Crippen LogP contribution < -0.4 is 0 Å². The quantitative estimate of drug-likeness (QED) is 0.932. The molecule has 2 rings (SSSR count). The van der Waals surface area contributed by atoms with Crippen LogP contribution in [0.2, 0.25) is 0 Å². The molecule has 0 atom stereocenters. The van der Waals surface area contributed by atoms with E-state index in [1.807, 2.05) is 27.7 Å². The maximum Gasteiger partial charge on any atom is 0.250 e. The number of H-pyrrole nitrogens is 1. The van der Waals surface area contributed by atoms with Gasteiger partial charge in [-0.2, -0.15) is 0 Å². The summed E-state index contributed by atoms with van der Waals surface area (Å²) in [5.41, 5.74) is -1.30. The summed E-state index contributed by atoms with van der Waals surface area (Å²) in [4.78, 5) is 28.7. The molecule has 6 nitrogen and oxygen atoms in total. The number of nitrogens with one attached hydrogen (secondary N) is 1. The third kappa shape index (κ3) is 2.59. The number of hydrogen-bond donors (Lipinski definition) is 1. The first-order chi connectivity index (χ1) is 9.24. The predicted molar refractivity (Wildman–Crippen MR) is 74.4 cm³/mol. The Morgan fingerprint density at radius 3 is 2.15 bits per heavy atom. The van der Waals surface area contributed by atoms with E-state index in [-0.39, 0.29) is 11.8 Å². The van der Waals surface area contributed by atoms with Gasteiger partial charge in [-0.1, -0.05) is 27.7 Å². The zero-order valence-corrected chi connectivity index (χ0v) is 12.3. The highest BCUT2D eigenvalue weighted by Crippen LogP contribution is 2.36. The summed E-state index contributed by atoms with van der Waals surface area (Å²) >= 11 is 0. The molecule has 0 bridgehead atoms. The first kappa shape index (κ1) is 14.3. The van der Waals surface area contributed by atoms with Gasteiger partial charge < -0.3 is 0 Å². The van der Waals surface area contributed by atoms with Crippen LogP contribution in [-0.4, -0.2) is 31.1 Å². The molecule has 0 amide bonds. The van der Waals surface area contributed by atoms with Crippen LogP contribution in [0.4, 0.5) is 0 Å². The van der Waals surface area contributed by atoms with Crippen molar-refractivity contribution in [1.29, 1.82) is 0 Å². The van der Waals surface area contributed by atoms with Gasteiger partial charge in [-0.3, -0.25) is 19.3 Å². The number of aromatic nitrogens is 4. The number of carbonyl (C=O) groups is 2. The van der Waals surface area contributed by atoms with Gasteiger partial charge in [0, 0.05) is 35.6 Å². The van der Waals surface area contributed by atoms with Crippen LogP contribution in [0.1, 0.15) is 43.7 Å². The van der Waals surface area contributed by atoms with Crippen molar-refractivity contribution >= 4 is 11.8 Å². The molecule has 0 unspecified atom stereocenters. The van der Waals surface area contributed by atoms with Crippen molar-refractivity contribution < 1.29 is 9.59 Å². The van der Waals surface area contributed by atoms with Crippen molar-refractivity contribution in [3.05, 3.63) is 31.1 Å². The molecule has 0 saturated carbocycles. The average Bonchev–Trinajstić information content (AvgIpc) is 2.77. The molecule has 0 aliphatic carbocycles. The fourth-order valence-electron chi connectivity index (χ4n) is 2.59. The molecule has 6 heteroatoms. The summed E-state index contributed by atoms with van der Waals surface area (Å²) in [6, 6.07) is 0. The van der Waals surface area contributed by atoms with Gasteiger partial charge in [0.25, 0.3) is 5.91 Å². The van der Waals surface area contributed by atoms with E-state index in [0.717, 1.165) is 0 Å². The minimum atomic E-state index is -0.658. The minimum absolute atomic E-state index is 0.0495. The van der Waals surface area contributed by atoms with E-state index in [2.05, 4.69) is 10.1 Å². The van der Waals surface area contributed by atoms with Gasteiger partial charge in [-0.25, -0.2) is 9.67 Å². The van der Waals surface area contributed by atoms with Crippen LogP contribution in [0.3, 0.4) is 0 Å². The normalized spacial score (nSPS) is 12.6. The van der Waals surface area contributed by atoms with E-state index in [0.29, 0.717) is 6.42 Å². The smallest absolute Gasteiger partial charge is 0.250 e. The van der Waals surface area contributed by atoms with E-state index >= 15 is 0 Å². The second-order valence-electron chi connectivity index (χ2n) is 6.34. The number of carbonyl (C=O) groups excluding carboxylic acids is 2. The third-order valence-electron chi connectivity index (χ3n) is 3.44. The Labute approximate surface area is 117 Å². The molecule has 0 radical (unpaired) electrons. The van der Waals surface area contributed by atoms with Crippen LogP contribution in [0.25, 0.3) is 0 Å². The highest BCUT2D eigenvalue weighted by Gasteiger charge is 2.40. The maximum absolute atomic E-state index is 12.4. The Morgan fingerprint density at radius 2 is 1.70 bits per heavy atom. The van der Waals surface area contributed by atoms with Crippen molar-refractivity contribution in [3.8, 4) is 0 Å². The van der Waals surface area contributed by atoms with Crippen LogP contribution in [-0.2, 0) is 0 Å². The number of hydrogen-bond acceptors (Lipinski definition) is 3. The van der Waals surface area contributed by atoms with Gasteiger partial charge in [-0.15, -0.1) is 0 Å². The van der Waals surface area contributed by atoms with Gasteiger partial charge in [0.1, 0.15) is 6.33 Å². The van der Waals surface area contributed by atoms with E-state index < -0.39 is 10.8 Å².